The molecule has 2 rings (SSSR count). The maximum atomic E-state index is 11.5. The topological polar surface area (TPSA) is 26.3 Å². The molecule has 0 aromatic heterocycles. The highest BCUT2D eigenvalue weighted by atomic mass is 16.5. The lowest BCUT2D eigenvalue weighted by molar-refractivity contribution is -0.137. The van der Waals surface area contributed by atoms with Crippen LogP contribution in [0.5, 0.6) is 0 Å². The third kappa shape index (κ3) is 5.49. The molecule has 26 heavy (non-hydrogen) atoms. The minimum atomic E-state index is -0.281. The lowest BCUT2D eigenvalue weighted by Gasteiger charge is -2.31. The fourth-order valence-electron chi connectivity index (χ4n) is 3.78. The Kier molecular flexibility index (Phi) is 7.09. The third-order valence-electron chi connectivity index (χ3n) is 5.24. The van der Waals surface area contributed by atoms with Gasteiger partial charge in [-0.15, -0.1) is 0 Å². The smallest absolute Gasteiger partial charge is 0.330 e. The Labute approximate surface area is 159 Å². The lowest BCUT2D eigenvalue weighted by atomic mass is 9.73. The highest BCUT2D eigenvalue weighted by Crippen LogP contribution is 2.39. The largest absolute Gasteiger partial charge is 0.463 e. The van der Waals surface area contributed by atoms with Crippen LogP contribution in [0.25, 0.3) is 0 Å². The van der Waals surface area contributed by atoms with E-state index < -0.39 is 0 Å². The van der Waals surface area contributed by atoms with E-state index in [1.807, 2.05) is 19.9 Å². The third-order valence-corrected chi connectivity index (χ3v) is 5.24. The van der Waals surface area contributed by atoms with Gasteiger partial charge in [-0.25, -0.2) is 4.79 Å². The molecule has 2 aliphatic rings. The molecule has 2 aliphatic carbocycles. The van der Waals surface area contributed by atoms with E-state index in [1.165, 1.54) is 41.6 Å². The van der Waals surface area contributed by atoms with E-state index in [2.05, 4.69) is 38.7 Å². The minimum absolute atomic E-state index is 0.198. The molecule has 140 valence electrons. The van der Waals surface area contributed by atoms with Crippen molar-refractivity contribution in [1.82, 2.24) is 0 Å². The summed E-state index contributed by atoms with van der Waals surface area (Å²) in [6, 6.07) is 0. The SMILES string of the molecule is CCOC(=O)C=C(C)C=CC1=C(C#CC2=C(C)CCCC2(C)C)CCC1. The predicted octanol–water partition coefficient (Wildman–Crippen LogP) is 6.06. The van der Waals surface area contributed by atoms with E-state index >= 15 is 0 Å². The lowest BCUT2D eigenvalue weighted by Crippen LogP contribution is -2.19. The first-order chi connectivity index (χ1) is 12.3. The van der Waals surface area contributed by atoms with Gasteiger partial charge in [0.25, 0.3) is 0 Å². The Morgan fingerprint density at radius 1 is 1.19 bits per heavy atom. The van der Waals surface area contributed by atoms with E-state index in [0.717, 1.165) is 24.8 Å². The van der Waals surface area contributed by atoms with Crippen molar-refractivity contribution >= 4 is 5.97 Å². The number of hydrogen-bond donors (Lipinski definition) is 0. The molecular formula is C24H32O2. The summed E-state index contributed by atoms with van der Waals surface area (Å²) in [6.45, 7) is 11.0. The van der Waals surface area contributed by atoms with Gasteiger partial charge in [0.2, 0.25) is 0 Å². The summed E-state index contributed by atoms with van der Waals surface area (Å²) >= 11 is 0. The molecule has 2 nitrogen and oxygen atoms in total. The number of rotatable bonds is 4. The molecule has 0 amide bonds. The van der Waals surface area contributed by atoms with Crippen molar-refractivity contribution < 1.29 is 9.53 Å². The summed E-state index contributed by atoms with van der Waals surface area (Å²) in [5.41, 5.74) is 6.46. The molecule has 0 heterocycles. The van der Waals surface area contributed by atoms with Crippen LogP contribution in [0.15, 0.2) is 46.1 Å². The predicted molar refractivity (Wildman–Crippen MR) is 109 cm³/mol. The molecule has 0 saturated heterocycles. The van der Waals surface area contributed by atoms with Crippen LogP contribution in [0.2, 0.25) is 0 Å². The second kappa shape index (κ2) is 9.08. The Balaban J connectivity index is 2.19. The second-order valence-electron chi connectivity index (χ2n) is 7.97. The number of allylic oxidation sites excluding steroid dienone is 7. The molecule has 0 radical (unpaired) electrons. The van der Waals surface area contributed by atoms with Crippen LogP contribution in [-0.2, 0) is 9.53 Å². The molecule has 0 spiro atoms. The summed E-state index contributed by atoms with van der Waals surface area (Å²) in [5, 5.41) is 0. The minimum Gasteiger partial charge on any atom is -0.463 e. The van der Waals surface area contributed by atoms with Crippen LogP contribution in [0.3, 0.4) is 0 Å². The molecule has 0 aromatic carbocycles. The number of carbonyl (C=O) groups is 1. The molecule has 0 atom stereocenters. The quantitative estimate of drug-likeness (QED) is 0.266. The van der Waals surface area contributed by atoms with E-state index in [0.29, 0.717) is 6.61 Å². The van der Waals surface area contributed by atoms with Crippen LogP contribution in [0, 0.1) is 17.3 Å². The van der Waals surface area contributed by atoms with Crippen molar-refractivity contribution in [3.05, 3.63) is 46.1 Å². The number of carbonyl (C=O) groups excluding carboxylic acids is 1. The number of ether oxygens (including phenoxy) is 1. The van der Waals surface area contributed by atoms with Gasteiger partial charge in [0, 0.05) is 17.2 Å². The van der Waals surface area contributed by atoms with Gasteiger partial charge in [0.1, 0.15) is 0 Å². The molecule has 0 fully saturated rings. The van der Waals surface area contributed by atoms with Crippen LogP contribution in [-0.4, -0.2) is 12.6 Å². The van der Waals surface area contributed by atoms with Gasteiger partial charge >= 0.3 is 5.97 Å². The zero-order valence-electron chi connectivity index (χ0n) is 17.0. The Morgan fingerprint density at radius 2 is 1.96 bits per heavy atom. The second-order valence-corrected chi connectivity index (χ2v) is 7.97. The molecule has 0 unspecified atom stereocenters. The van der Waals surface area contributed by atoms with E-state index in [9.17, 15) is 4.79 Å². The van der Waals surface area contributed by atoms with Gasteiger partial charge in [0.15, 0.2) is 0 Å². The Morgan fingerprint density at radius 3 is 2.65 bits per heavy atom. The number of esters is 1. The molecule has 0 aromatic rings. The van der Waals surface area contributed by atoms with Crippen LogP contribution >= 0.6 is 0 Å². The van der Waals surface area contributed by atoms with E-state index in [1.54, 1.807) is 6.08 Å². The van der Waals surface area contributed by atoms with Gasteiger partial charge in [-0.2, -0.15) is 0 Å². The maximum Gasteiger partial charge on any atom is 0.330 e. The highest BCUT2D eigenvalue weighted by molar-refractivity contribution is 5.83. The summed E-state index contributed by atoms with van der Waals surface area (Å²) < 4.78 is 4.95. The van der Waals surface area contributed by atoms with Crippen LogP contribution < -0.4 is 0 Å². The normalized spacial score (nSPS) is 20.4. The molecule has 0 N–H and O–H groups in total. The van der Waals surface area contributed by atoms with Crippen molar-refractivity contribution in [3.8, 4) is 11.8 Å². The zero-order chi connectivity index (χ0) is 19.2. The first-order valence-corrected chi connectivity index (χ1v) is 9.81. The first kappa shape index (κ1) is 20.3. The van der Waals surface area contributed by atoms with Gasteiger partial charge in [-0.1, -0.05) is 43.4 Å². The van der Waals surface area contributed by atoms with E-state index in [4.69, 9.17) is 4.74 Å². The average molecular weight is 353 g/mol. The van der Waals surface area contributed by atoms with Crippen LogP contribution in [0.1, 0.15) is 73.1 Å². The van der Waals surface area contributed by atoms with Gasteiger partial charge in [-0.05, 0) is 75.9 Å². The average Bonchev–Trinajstić information content (AvgIpc) is 2.99. The summed E-state index contributed by atoms with van der Waals surface area (Å²) in [4.78, 5) is 11.5. The standard InChI is InChI=1S/C24H32O2/c1-6-26-23(25)17-18(2)12-13-20-10-7-11-21(20)14-15-22-19(3)9-8-16-24(22,4)5/h12-13,17H,6-11,16H2,1-5H3. The fourth-order valence-corrected chi connectivity index (χ4v) is 3.78. The van der Waals surface area contributed by atoms with Crippen LogP contribution in [0.4, 0.5) is 0 Å². The maximum absolute atomic E-state index is 11.5. The highest BCUT2D eigenvalue weighted by Gasteiger charge is 2.27. The molecule has 0 bridgehead atoms. The van der Waals surface area contributed by atoms with Crippen molar-refractivity contribution in [2.75, 3.05) is 6.61 Å². The summed E-state index contributed by atoms with van der Waals surface area (Å²) in [7, 11) is 0. The van der Waals surface area contributed by atoms with Crippen molar-refractivity contribution in [1.29, 1.82) is 0 Å². The van der Waals surface area contributed by atoms with Gasteiger partial charge < -0.3 is 4.74 Å². The molecule has 0 saturated carbocycles. The van der Waals surface area contributed by atoms with Crippen molar-refractivity contribution in [2.45, 2.75) is 73.1 Å². The van der Waals surface area contributed by atoms with Gasteiger partial charge in [0.05, 0.1) is 6.61 Å². The molecular weight excluding hydrogens is 320 g/mol. The Hall–Kier alpha value is -2.01. The zero-order valence-corrected chi connectivity index (χ0v) is 17.0. The summed E-state index contributed by atoms with van der Waals surface area (Å²) in [5.74, 6) is 6.72. The van der Waals surface area contributed by atoms with Crippen molar-refractivity contribution in [3.63, 3.8) is 0 Å². The molecule has 2 heteroatoms. The van der Waals surface area contributed by atoms with Gasteiger partial charge in [-0.3, -0.25) is 0 Å². The monoisotopic (exact) mass is 352 g/mol. The fraction of sp³-hybridized carbons (Fsp3) is 0.542. The molecule has 0 aliphatic heterocycles. The first-order valence-electron chi connectivity index (χ1n) is 9.81. The van der Waals surface area contributed by atoms with Crippen molar-refractivity contribution in [2.24, 2.45) is 5.41 Å². The summed E-state index contributed by atoms with van der Waals surface area (Å²) in [6.07, 6.45) is 12.6. The van der Waals surface area contributed by atoms with E-state index in [-0.39, 0.29) is 11.4 Å². The number of hydrogen-bond acceptors (Lipinski definition) is 2. The Bertz CT molecular complexity index is 730.